The Morgan fingerprint density at radius 2 is 1.67 bits per heavy atom. The number of imidazole rings is 1. The molecule has 4 rings (SSSR count). The molecule has 0 aliphatic carbocycles. The third-order valence-electron chi connectivity index (χ3n) is 4.98. The zero-order valence-corrected chi connectivity index (χ0v) is 19.5. The predicted octanol–water partition coefficient (Wildman–Crippen LogP) is 6.60. The van der Waals surface area contributed by atoms with Crippen molar-refractivity contribution < 1.29 is 18.3 Å². The first-order valence-electron chi connectivity index (χ1n) is 9.89. The van der Waals surface area contributed by atoms with Gasteiger partial charge >= 0.3 is 0 Å². The molecule has 0 unspecified atom stereocenters. The van der Waals surface area contributed by atoms with E-state index in [1.165, 1.54) is 12.1 Å². The SMILES string of the molecule is Cn1c(-c2ccc(F)c(F)c2)nc(-c2ccc(C(C)(C)O)nc2)c1Sc1ccc(Cl)cc1F. The summed E-state index contributed by atoms with van der Waals surface area (Å²) in [6.07, 6.45) is 1.56. The highest BCUT2D eigenvalue weighted by Gasteiger charge is 2.23. The largest absolute Gasteiger partial charge is 0.384 e. The minimum atomic E-state index is -1.12. The summed E-state index contributed by atoms with van der Waals surface area (Å²) >= 11 is 7.01. The van der Waals surface area contributed by atoms with E-state index in [-0.39, 0.29) is 5.02 Å². The van der Waals surface area contributed by atoms with E-state index in [4.69, 9.17) is 11.6 Å². The summed E-state index contributed by atoms with van der Waals surface area (Å²) in [4.78, 5) is 9.31. The summed E-state index contributed by atoms with van der Waals surface area (Å²) < 4.78 is 43.6. The molecule has 2 aromatic heterocycles. The number of aromatic nitrogens is 3. The van der Waals surface area contributed by atoms with Crippen molar-refractivity contribution in [3.63, 3.8) is 0 Å². The molecule has 4 nitrogen and oxygen atoms in total. The lowest BCUT2D eigenvalue weighted by Gasteiger charge is -2.16. The fourth-order valence-corrected chi connectivity index (χ4v) is 4.38. The van der Waals surface area contributed by atoms with Crippen LogP contribution in [-0.4, -0.2) is 19.6 Å². The Bertz CT molecular complexity index is 1330. The van der Waals surface area contributed by atoms with Crippen LogP contribution >= 0.6 is 23.4 Å². The highest BCUT2D eigenvalue weighted by Crippen LogP contribution is 2.40. The van der Waals surface area contributed by atoms with Gasteiger partial charge in [0.1, 0.15) is 28.0 Å². The van der Waals surface area contributed by atoms with Gasteiger partial charge in [0.25, 0.3) is 0 Å². The molecule has 2 heterocycles. The molecule has 0 saturated carbocycles. The van der Waals surface area contributed by atoms with Crippen molar-refractivity contribution in [2.24, 2.45) is 7.05 Å². The topological polar surface area (TPSA) is 50.9 Å². The molecule has 0 bridgehead atoms. The Morgan fingerprint density at radius 3 is 2.27 bits per heavy atom. The lowest BCUT2D eigenvalue weighted by molar-refractivity contribution is 0.0739. The minimum absolute atomic E-state index is 0.274. The molecule has 2 aromatic carbocycles. The van der Waals surface area contributed by atoms with Gasteiger partial charge in [-0.1, -0.05) is 23.4 Å². The molecule has 0 spiro atoms. The molecule has 0 aliphatic rings. The lowest BCUT2D eigenvalue weighted by Crippen LogP contribution is -2.17. The van der Waals surface area contributed by atoms with Crippen molar-refractivity contribution in [2.75, 3.05) is 0 Å². The maximum atomic E-state index is 14.5. The Kier molecular flexibility index (Phi) is 6.26. The molecule has 0 amide bonds. The number of aliphatic hydroxyl groups is 1. The van der Waals surface area contributed by atoms with Crippen LogP contribution in [0.2, 0.25) is 5.02 Å². The summed E-state index contributed by atoms with van der Waals surface area (Å²) in [5.74, 6) is -2.08. The van der Waals surface area contributed by atoms with Crippen LogP contribution in [-0.2, 0) is 12.6 Å². The maximum absolute atomic E-state index is 14.5. The van der Waals surface area contributed by atoms with Crippen molar-refractivity contribution in [1.82, 2.24) is 14.5 Å². The molecule has 0 fully saturated rings. The van der Waals surface area contributed by atoms with E-state index in [0.29, 0.717) is 38.3 Å². The first-order chi connectivity index (χ1) is 15.5. The van der Waals surface area contributed by atoms with Gasteiger partial charge in [-0.25, -0.2) is 18.2 Å². The van der Waals surface area contributed by atoms with Crippen molar-refractivity contribution >= 4 is 23.4 Å². The summed E-state index contributed by atoms with van der Waals surface area (Å²) in [6, 6.07) is 11.3. The van der Waals surface area contributed by atoms with E-state index >= 15 is 0 Å². The van der Waals surface area contributed by atoms with E-state index < -0.39 is 23.1 Å². The molecule has 170 valence electrons. The second kappa shape index (κ2) is 8.85. The zero-order valence-electron chi connectivity index (χ0n) is 17.9. The molecule has 9 heteroatoms. The number of benzene rings is 2. The van der Waals surface area contributed by atoms with Gasteiger partial charge in [0.2, 0.25) is 0 Å². The molecule has 0 saturated heterocycles. The zero-order chi connectivity index (χ0) is 23.9. The van der Waals surface area contributed by atoms with E-state index in [2.05, 4.69) is 9.97 Å². The molecule has 1 N–H and O–H groups in total. The van der Waals surface area contributed by atoms with Gasteiger partial charge in [-0.3, -0.25) is 4.98 Å². The number of hydrogen-bond acceptors (Lipinski definition) is 4. The number of halogens is 4. The maximum Gasteiger partial charge on any atom is 0.159 e. The Balaban J connectivity index is 1.87. The minimum Gasteiger partial charge on any atom is -0.384 e. The number of rotatable bonds is 5. The first-order valence-corrected chi connectivity index (χ1v) is 11.1. The molecule has 0 radical (unpaired) electrons. The van der Waals surface area contributed by atoms with Crippen molar-refractivity contribution in [3.8, 4) is 22.6 Å². The number of pyridine rings is 1. The summed E-state index contributed by atoms with van der Waals surface area (Å²) in [5.41, 5.74) is 0.808. The van der Waals surface area contributed by atoms with E-state index in [9.17, 15) is 18.3 Å². The van der Waals surface area contributed by atoms with E-state index in [1.807, 2.05) is 0 Å². The van der Waals surface area contributed by atoms with Crippen LogP contribution in [0, 0.1) is 17.5 Å². The Morgan fingerprint density at radius 1 is 0.939 bits per heavy atom. The Labute approximate surface area is 198 Å². The van der Waals surface area contributed by atoms with Crippen molar-refractivity contribution in [3.05, 3.63) is 82.9 Å². The van der Waals surface area contributed by atoms with Crippen molar-refractivity contribution in [1.29, 1.82) is 0 Å². The molecule has 0 aliphatic heterocycles. The van der Waals surface area contributed by atoms with E-state index in [0.717, 1.165) is 23.9 Å². The van der Waals surface area contributed by atoms with Crippen LogP contribution in [0.15, 0.2) is 64.6 Å². The fourth-order valence-electron chi connectivity index (χ4n) is 3.24. The average molecular weight is 490 g/mol. The molecule has 4 aromatic rings. The van der Waals surface area contributed by atoms with Gasteiger partial charge in [0.15, 0.2) is 11.6 Å². The van der Waals surface area contributed by atoms with Gasteiger partial charge in [-0.2, -0.15) is 0 Å². The second-order valence-electron chi connectivity index (χ2n) is 7.95. The molecular formula is C24H19ClF3N3OS. The van der Waals surface area contributed by atoms with Crippen molar-refractivity contribution in [2.45, 2.75) is 29.4 Å². The lowest BCUT2D eigenvalue weighted by atomic mass is 10.0. The smallest absolute Gasteiger partial charge is 0.159 e. The predicted molar refractivity (Wildman–Crippen MR) is 123 cm³/mol. The standard InChI is InChI=1S/C24H19ClF3N3OS/c1-24(2,32)20-9-5-14(12-29-20)21-23(33-19-8-6-15(25)11-18(19)28)31(3)22(30-21)13-4-7-16(26)17(27)10-13/h4-12,32H,1-3H3. The van der Waals surface area contributed by atoms with Crippen LogP contribution in [0.1, 0.15) is 19.5 Å². The quantitative estimate of drug-likeness (QED) is 0.343. The van der Waals surface area contributed by atoms with Gasteiger partial charge in [-0.15, -0.1) is 0 Å². The third-order valence-corrected chi connectivity index (χ3v) is 6.43. The Hall–Kier alpha value is -2.81. The van der Waals surface area contributed by atoms with Gasteiger partial charge in [0, 0.05) is 34.3 Å². The highest BCUT2D eigenvalue weighted by molar-refractivity contribution is 7.99. The molecular weight excluding hydrogens is 471 g/mol. The monoisotopic (exact) mass is 489 g/mol. The summed E-state index contributed by atoms with van der Waals surface area (Å²) in [5, 5.41) is 11.0. The fraction of sp³-hybridized carbons (Fsp3) is 0.167. The van der Waals surface area contributed by atoms with Gasteiger partial charge in [0.05, 0.1) is 5.69 Å². The van der Waals surface area contributed by atoms with E-state index in [1.54, 1.807) is 55.9 Å². The third kappa shape index (κ3) is 4.78. The number of hydrogen-bond donors (Lipinski definition) is 1. The average Bonchev–Trinajstić information content (AvgIpc) is 3.08. The number of nitrogens with zero attached hydrogens (tertiary/aromatic N) is 3. The second-order valence-corrected chi connectivity index (χ2v) is 9.41. The van der Waals surface area contributed by atoms with Crippen LogP contribution in [0.3, 0.4) is 0 Å². The van der Waals surface area contributed by atoms with Crippen LogP contribution in [0.4, 0.5) is 13.2 Å². The van der Waals surface area contributed by atoms with Crippen LogP contribution < -0.4 is 0 Å². The summed E-state index contributed by atoms with van der Waals surface area (Å²) in [6.45, 7) is 3.25. The van der Waals surface area contributed by atoms with Crippen LogP contribution in [0.25, 0.3) is 22.6 Å². The van der Waals surface area contributed by atoms with Gasteiger partial charge in [-0.05, 0) is 62.4 Å². The highest BCUT2D eigenvalue weighted by atomic mass is 35.5. The normalized spacial score (nSPS) is 11.8. The van der Waals surface area contributed by atoms with Crippen LogP contribution in [0.5, 0.6) is 0 Å². The molecule has 0 atom stereocenters. The first kappa shape index (κ1) is 23.4. The molecule has 33 heavy (non-hydrogen) atoms. The summed E-state index contributed by atoms with van der Waals surface area (Å²) in [7, 11) is 1.71. The van der Waals surface area contributed by atoms with Gasteiger partial charge < -0.3 is 9.67 Å².